The van der Waals surface area contributed by atoms with Crippen LogP contribution < -0.4 is 11.1 Å². The molecule has 0 saturated heterocycles. The molecule has 1 heterocycles. The van der Waals surface area contributed by atoms with Crippen molar-refractivity contribution in [3.05, 3.63) is 21.5 Å². The molecule has 1 fully saturated rings. The Hall–Kier alpha value is -1.67. The second-order valence-electron chi connectivity index (χ2n) is 5.06. The van der Waals surface area contributed by atoms with Gasteiger partial charge in [-0.15, -0.1) is 12.4 Å². The number of nitrogens with zero attached hydrogens (tertiary/aromatic N) is 2. The Morgan fingerprint density at radius 1 is 1.62 bits per heavy atom. The summed E-state index contributed by atoms with van der Waals surface area (Å²) < 4.78 is 0. The average molecular weight is 318 g/mol. The smallest absolute Gasteiger partial charge is 0.322 e. The standard InChI is InChI=1S/C12H19N5O3.ClH/c1-2-3-8-11(17(19)20)10(16-15-8)12(18)14-9(6-13)7-4-5-7;/h7,9H,2-6,13H2,1H3,(H,14,18)(H,15,16);1H. The Labute approximate surface area is 128 Å². The van der Waals surface area contributed by atoms with E-state index in [1.54, 1.807) is 0 Å². The fourth-order valence-corrected chi connectivity index (χ4v) is 2.26. The molecule has 0 aliphatic heterocycles. The molecule has 1 aliphatic carbocycles. The van der Waals surface area contributed by atoms with E-state index in [-0.39, 0.29) is 29.8 Å². The first kappa shape index (κ1) is 17.4. The number of carbonyl (C=O) groups is 1. The van der Waals surface area contributed by atoms with Gasteiger partial charge in [-0.25, -0.2) is 0 Å². The van der Waals surface area contributed by atoms with Crippen LogP contribution in [-0.2, 0) is 6.42 Å². The molecule has 4 N–H and O–H groups in total. The molecule has 1 aliphatic rings. The Morgan fingerprint density at radius 3 is 2.76 bits per heavy atom. The third-order valence-corrected chi connectivity index (χ3v) is 3.47. The molecule has 0 aromatic carbocycles. The number of aromatic nitrogens is 2. The summed E-state index contributed by atoms with van der Waals surface area (Å²) in [6, 6.07) is -0.131. The summed E-state index contributed by atoms with van der Waals surface area (Å²) in [6.07, 6.45) is 3.29. The number of nitro groups is 1. The average Bonchev–Trinajstić information content (AvgIpc) is 3.16. The van der Waals surface area contributed by atoms with E-state index in [9.17, 15) is 14.9 Å². The number of nitrogens with two attached hydrogens (primary N) is 1. The van der Waals surface area contributed by atoms with Crippen molar-refractivity contribution < 1.29 is 9.72 Å². The van der Waals surface area contributed by atoms with Gasteiger partial charge < -0.3 is 11.1 Å². The van der Waals surface area contributed by atoms with Gasteiger partial charge in [0, 0.05) is 12.6 Å². The lowest BCUT2D eigenvalue weighted by atomic mass is 10.1. The minimum Gasteiger partial charge on any atom is -0.346 e. The molecule has 1 aromatic rings. The lowest BCUT2D eigenvalue weighted by Gasteiger charge is -2.14. The molecule has 2 rings (SSSR count). The van der Waals surface area contributed by atoms with Gasteiger partial charge in [0.25, 0.3) is 5.91 Å². The highest BCUT2D eigenvalue weighted by Crippen LogP contribution is 2.32. The first-order chi connectivity index (χ1) is 9.58. The molecular weight excluding hydrogens is 298 g/mol. The number of hydrogen-bond donors (Lipinski definition) is 3. The number of amides is 1. The van der Waals surface area contributed by atoms with Crippen LogP contribution in [0.15, 0.2) is 0 Å². The van der Waals surface area contributed by atoms with Crippen molar-refractivity contribution in [3.8, 4) is 0 Å². The van der Waals surface area contributed by atoms with Crippen LogP contribution in [0.5, 0.6) is 0 Å². The highest BCUT2D eigenvalue weighted by molar-refractivity contribution is 5.96. The molecule has 8 nitrogen and oxygen atoms in total. The van der Waals surface area contributed by atoms with Gasteiger partial charge in [-0.05, 0) is 25.2 Å². The summed E-state index contributed by atoms with van der Waals surface area (Å²) in [6.45, 7) is 2.23. The third kappa shape index (κ3) is 3.92. The van der Waals surface area contributed by atoms with Crippen molar-refractivity contribution in [2.75, 3.05) is 6.54 Å². The Morgan fingerprint density at radius 2 is 2.29 bits per heavy atom. The van der Waals surface area contributed by atoms with Gasteiger partial charge in [0.05, 0.1) is 4.92 Å². The summed E-state index contributed by atoms with van der Waals surface area (Å²) in [5.74, 6) is -0.144. The van der Waals surface area contributed by atoms with Gasteiger partial charge >= 0.3 is 5.69 Å². The van der Waals surface area contributed by atoms with Crippen LogP contribution in [0.4, 0.5) is 5.69 Å². The first-order valence-electron chi connectivity index (χ1n) is 6.81. The quantitative estimate of drug-likeness (QED) is 0.513. The van der Waals surface area contributed by atoms with E-state index in [1.807, 2.05) is 6.92 Å². The Bertz CT molecular complexity index is 515. The van der Waals surface area contributed by atoms with Gasteiger partial charge in [0.1, 0.15) is 5.69 Å². The molecule has 1 atom stereocenters. The number of rotatable bonds is 7. The summed E-state index contributed by atoms with van der Waals surface area (Å²) >= 11 is 0. The van der Waals surface area contributed by atoms with Gasteiger partial charge in [-0.2, -0.15) is 5.10 Å². The van der Waals surface area contributed by atoms with Gasteiger partial charge in [-0.1, -0.05) is 13.3 Å². The van der Waals surface area contributed by atoms with Crippen molar-refractivity contribution in [1.82, 2.24) is 15.5 Å². The molecule has 9 heteroatoms. The zero-order chi connectivity index (χ0) is 14.7. The Kier molecular flexibility index (Phi) is 6.10. The number of aryl methyl sites for hydroxylation is 1. The van der Waals surface area contributed by atoms with Crippen LogP contribution in [-0.4, -0.2) is 33.6 Å². The predicted molar refractivity (Wildman–Crippen MR) is 79.5 cm³/mol. The van der Waals surface area contributed by atoms with Crippen molar-refractivity contribution in [2.24, 2.45) is 11.7 Å². The van der Waals surface area contributed by atoms with Gasteiger partial charge in [0.15, 0.2) is 0 Å². The number of aromatic amines is 1. The monoisotopic (exact) mass is 317 g/mol. The van der Waals surface area contributed by atoms with E-state index in [0.29, 0.717) is 24.6 Å². The largest absolute Gasteiger partial charge is 0.346 e. The molecule has 1 aromatic heterocycles. The number of H-pyrrole nitrogens is 1. The summed E-state index contributed by atoms with van der Waals surface area (Å²) in [7, 11) is 0. The maximum absolute atomic E-state index is 12.1. The van der Waals surface area contributed by atoms with Crippen LogP contribution in [0, 0.1) is 16.0 Å². The van der Waals surface area contributed by atoms with Crippen LogP contribution in [0.3, 0.4) is 0 Å². The molecular formula is C12H20ClN5O3. The number of halogens is 1. The van der Waals surface area contributed by atoms with Crippen LogP contribution in [0.1, 0.15) is 42.4 Å². The highest BCUT2D eigenvalue weighted by atomic mass is 35.5. The van der Waals surface area contributed by atoms with Crippen LogP contribution in [0.2, 0.25) is 0 Å². The molecule has 1 saturated carbocycles. The van der Waals surface area contributed by atoms with E-state index in [1.165, 1.54) is 0 Å². The number of carbonyl (C=O) groups excluding carboxylic acids is 1. The molecule has 0 radical (unpaired) electrons. The lowest BCUT2D eigenvalue weighted by molar-refractivity contribution is -0.385. The predicted octanol–water partition coefficient (Wildman–Crippen LogP) is 1.16. The zero-order valence-corrected chi connectivity index (χ0v) is 12.6. The normalized spacial score (nSPS) is 15.1. The SMILES string of the molecule is CCCc1[nH]nc(C(=O)NC(CN)C2CC2)c1[N+](=O)[O-].Cl. The fourth-order valence-electron chi connectivity index (χ4n) is 2.26. The summed E-state index contributed by atoms with van der Waals surface area (Å²) in [4.78, 5) is 22.7. The zero-order valence-electron chi connectivity index (χ0n) is 11.8. The van der Waals surface area contributed by atoms with Crippen molar-refractivity contribution in [1.29, 1.82) is 0 Å². The minimum atomic E-state index is -0.558. The van der Waals surface area contributed by atoms with E-state index in [0.717, 1.165) is 19.3 Å². The molecule has 0 spiro atoms. The molecule has 21 heavy (non-hydrogen) atoms. The fraction of sp³-hybridized carbons (Fsp3) is 0.667. The maximum atomic E-state index is 12.1. The summed E-state index contributed by atoms with van der Waals surface area (Å²) in [5, 5.41) is 20.3. The highest BCUT2D eigenvalue weighted by Gasteiger charge is 2.34. The minimum absolute atomic E-state index is 0. The van der Waals surface area contributed by atoms with Crippen LogP contribution >= 0.6 is 12.4 Å². The molecule has 118 valence electrons. The van der Waals surface area contributed by atoms with E-state index >= 15 is 0 Å². The van der Waals surface area contributed by atoms with Crippen molar-refractivity contribution >= 4 is 24.0 Å². The number of hydrogen-bond acceptors (Lipinski definition) is 5. The molecule has 1 amide bonds. The van der Waals surface area contributed by atoms with Gasteiger partial charge in [0.2, 0.25) is 5.69 Å². The first-order valence-corrected chi connectivity index (χ1v) is 6.81. The third-order valence-electron chi connectivity index (χ3n) is 3.47. The lowest BCUT2D eigenvalue weighted by Crippen LogP contribution is -2.42. The second kappa shape index (κ2) is 7.37. The van der Waals surface area contributed by atoms with E-state index < -0.39 is 10.8 Å². The van der Waals surface area contributed by atoms with Crippen molar-refractivity contribution in [3.63, 3.8) is 0 Å². The van der Waals surface area contributed by atoms with Crippen molar-refractivity contribution in [2.45, 2.75) is 38.6 Å². The van der Waals surface area contributed by atoms with Gasteiger partial charge in [-0.3, -0.25) is 20.0 Å². The van der Waals surface area contributed by atoms with E-state index in [4.69, 9.17) is 5.73 Å². The molecule has 1 unspecified atom stereocenters. The van der Waals surface area contributed by atoms with Crippen LogP contribution in [0.25, 0.3) is 0 Å². The topological polar surface area (TPSA) is 127 Å². The maximum Gasteiger partial charge on any atom is 0.322 e. The number of nitrogens with one attached hydrogen (secondary N) is 2. The van der Waals surface area contributed by atoms with E-state index in [2.05, 4.69) is 15.5 Å². The summed E-state index contributed by atoms with van der Waals surface area (Å²) in [5.41, 5.74) is 5.62. The Balaban J connectivity index is 0.00000220. The molecule has 0 bridgehead atoms. The second-order valence-corrected chi connectivity index (χ2v) is 5.06.